The molecule has 1 saturated heterocycles. The number of aliphatic hydroxyl groups is 1. The summed E-state index contributed by atoms with van der Waals surface area (Å²) in [5.74, 6) is -1.09. The average Bonchev–Trinajstić information content (AvgIpc) is 3.57. The van der Waals surface area contributed by atoms with E-state index in [1.807, 2.05) is 36.4 Å². The summed E-state index contributed by atoms with van der Waals surface area (Å²) in [4.78, 5) is 44.3. The third kappa shape index (κ3) is 14.4. The molecule has 0 aliphatic carbocycles. The monoisotopic (exact) mass is 573 g/mol. The maximum absolute atomic E-state index is 12.1. The number of hydrogen-bond acceptors (Lipinski definition) is 7. The minimum Gasteiger partial charge on any atom is -0.480 e. The zero-order chi connectivity index (χ0) is 31.0. The molecule has 1 fully saturated rings. The summed E-state index contributed by atoms with van der Waals surface area (Å²) >= 11 is 0. The Morgan fingerprint density at radius 2 is 1.76 bits per heavy atom. The van der Waals surface area contributed by atoms with E-state index < -0.39 is 17.5 Å². The molecule has 0 spiro atoms. The number of nitrogens with zero attached hydrogens (tertiary/aromatic N) is 2. The van der Waals surface area contributed by atoms with Gasteiger partial charge in [0.05, 0.1) is 37.2 Å². The molecule has 1 aliphatic heterocycles. The van der Waals surface area contributed by atoms with Crippen LogP contribution < -0.4 is 11.5 Å². The lowest BCUT2D eigenvalue weighted by molar-refractivity contribution is -0.147. The van der Waals surface area contributed by atoms with Crippen molar-refractivity contribution in [2.24, 2.45) is 27.4 Å². The fourth-order valence-corrected chi connectivity index (χ4v) is 3.25. The Morgan fingerprint density at radius 3 is 2.29 bits per heavy atom. The number of benzene rings is 1. The maximum atomic E-state index is 12.1. The van der Waals surface area contributed by atoms with Crippen molar-refractivity contribution in [2.45, 2.75) is 71.7 Å². The van der Waals surface area contributed by atoms with Crippen molar-refractivity contribution in [1.82, 2.24) is 4.98 Å². The number of carbonyl (C=O) groups excluding carboxylic acids is 2. The molecule has 12 heteroatoms. The molecule has 1 aliphatic rings. The number of H-pyrrole nitrogens is 1. The number of nitrogens with one attached hydrogen (secondary N) is 1. The predicted octanol–water partition coefficient (Wildman–Crippen LogP) is 2.74. The van der Waals surface area contributed by atoms with Crippen LogP contribution in [0.2, 0.25) is 0 Å². The van der Waals surface area contributed by atoms with Crippen LogP contribution in [-0.2, 0) is 30.3 Å². The summed E-state index contributed by atoms with van der Waals surface area (Å²) in [6.45, 7) is 9.11. The van der Waals surface area contributed by atoms with E-state index in [4.69, 9.17) is 20.3 Å². The minimum atomic E-state index is -1.62. The molecule has 2 aromatic rings. The number of aliphatic carboxylic acids is 1. The van der Waals surface area contributed by atoms with Crippen LogP contribution in [0, 0.1) is 5.92 Å². The SMILES string of the molecule is CC(C)(O)C(=O)N=C(N=CN)c1ccc(C2CCC(COC(=O)Cc3ccccc3)O2)[nH]1.CC(C)C.NCC(=O)O. The number of nitrogens with two attached hydrogens (primary N) is 2. The molecule has 2 unspecified atom stereocenters. The van der Waals surface area contributed by atoms with Gasteiger partial charge in [0.1, 0.15) is 12.2 Å². The molecular formula is C29H43N5O7. The van der Waals surface area contributed by atoms with E-state index >= 15 is 0 Å². The van der Waals surface area contributed by atoms with E-state index in [0.29, 0.717) is 5.69 Å². The van der Waals surface area contributed by atoms with Crippen molar-refractivity contribution in [3.8, 4) is 0 Å². The minimum absolute atomic E-state index is 0.0651. The van der Waals surface area contributed by atoms with Crippen molar-refractivity contribution in [1.29, 1.82) is 0 Å². The maximum Gasteiger partial charge on any atom is 0.317 e. The summed E-state index contributed by atoms with van der Waals surface area (Å²) in [5.41, 5.74) is 10.5. The zero-order valence-electron chi connectivity index (χ0n) is 24.4. The van der Waals surface area contributed by atoms with Gasteiger partial charge in [0.2, 0.25) is 0 Å². The van der Waals surface area contributed by atoms with Crippen LogP contribution in [0.4, 0.5) is 0 Å². The summed E-state index contributed by atoms with van der Waals surface area (Å²) in [5, 5.41) is 17.4. The Bertz CT molecular complexity index is 1150. The van der Waals surface area contributed by atoms with Gasteiger partial charge in [0.15, 0.2) is 5.84 Å². The van der Waals surface area contributed by atoms with Crippen molar-refractivity contribution >= 4 is 30.0 Å². The molecule has 2 atom stereocenters. The number of aliphatic imine (C=N–C) groups is 2. The van der Waals surface area contributed by atoms with Gasteiger partial charge in [0.25, 0.3) is 5.91 Å². The van der Waals surface area contributed by atoms with Crippen LogP contribution in [-0.4, -0.2) is 70.1 Å². The molecule has 7 N–H and O–H groups in total. The molecule has 1 amide bonds. The van der Waals surface area contributed by atoms with Gasteiger partial charge >= 0.3 is 11.9 Å². The number of hydrogen-bond donors (Lipinski definition) is 5. The average molecular weight is 574 g/mol. The van der Waals surface area contributed by atoms with E-state index in [2.05, 4.69) is 41.5 Å². The standard InChI is InChI=1S/C23H28N4O5.C4H10.C2H5NO2/c1-23(2,30)22(29)27-21(25-14-24)18-10-9-17(26-18)19-11-8-16(32-19)13-31-20(28)12-15-6-4-3-5-7-15;1-4(2)3;3-1-2(4)5/h3-7,9-10,14,16,19,26,30H,8,11-13H2,1-2H3,(H2,24,25,27,29);4H,1-3H3;1,3H2,(H,4,5). The number of carbonyl (C=O) groups is 3. The van der Waals surface area contributed by atoms with E-state index in [1.165, 1.54) is 13.8 Å². The molecule has 0 saturated carbocycles. The topological polar surface area (TPSA) is 203 Å². The van der Waals surface area contributed by atoms with Gasteiger partial charge in [-0.15, -0.1) is 0 Å². The van der Waals surface area contributed by atoms with Crippen LogP contribution in [0.15, 0.2) is 52.4 Å². The van der Waals surface area contributed by atoms with Gasteiger partial charge in [0, 0.05) is 5.69 Å². The van der Waals surface area contributed by atoms with E-state index in [9.17, 15) is 19.5 Å². The largest absolute Gasteiger partial charge is 0.480 e. The van der Waals surface area contributed by atoms with Crippen LogP contribution in [0.1, 0.15) is 70.5 Å². The second-order valence-corrected chi connectivity index (χ2v) is 10.4. The normalized spacial score (nSPS) is 16.9. The zero-order valence-corrected chi connectivity index (χ0v) is 24.4. The fraction of sp³-hybridized carbons (Fsp3) is 0.483. The number of carboxylic acid groups (broad SMARTS) is 1. The van der Waals surface area contributed by atoms with Gasteiger partial charge in [-0.3, -0.25) is 14.4 Å². The van der Waals surface area contributed by atoms with Gasteiger partial charge in [-0.2, -0.15) is 4.99 Å². The molecule has 226 valence electrons. The van der Waals surface area contributed by atoms with Crippen molar-refractivity contribution in [3.05, 3.63) is 59.4 Å². The van der Waals surface area contributed by atoms with Gasteiger partial charge < -0.3 is 36.1 Å². The molecule has 2 heterocycles. The molecule has 41 heavy (non-hydrogen) atoms. The third-order valence-electron chi connectivity index (χ3n) is 5.13. The van der Waals surface area contributed by atoms with Crippen molar-refractivity contribution in [2.75, 3.05) is 13.2 Å². The molecule has 3 rings (SSSR count). The summed E-state index contributed by atoms with van der Waals surface area (Å²) < 4.78 is 11.4. The van der Waals surface area contributed by atoms with Crippen LogP contribution in [0.3, 0.4) is 0 Å². The Morgan fingerprint density at radius 1 is 1.15 bits per heavy atom. The second-order valence-electron chi connectivity index (χ2n) is 10.4. The molecule has 1 aromatic heterocycles. The first kappa shape index (κ1) is 35.2. The Balaban J connectivity index is 0.000000814. The van der Waals surface area contributed by atoms with Crippen molar-refractivity contribution in [3.63, 3.8) is 0 Å². The quantitative estimate of drug-likeness (QED) is 0.179. The highest BCUT2D eigenvalue weighted by Crippen LogP contribution is 2.32. The highest BCUT2D eigenvalue weighted by molar-refractivity contribution is 6.08. The lowest BCUT2D eigenvalue weighted by atomic mass is 10.1. The molecule has 0 bridgehead atoms. The molecule has 1 aromatic carbocycles. The van der Waals surface area contributed by atoms with Gasteiger partial charge in [-0.05, 0) is 50.3 Å². The Labute approximate surface area is 240 Å². The number of esters is 1. The number of rotatable bonds is 8. The number of amidine groups is 1. The molecule has 12 nitrogen and oxygen atoms in total. The number of aromatic nitrogens is 1. The first-order chi connectivity index (χ1) is 19.3. The summed E-state index contributed by atoms with van der Waals surface area (Å²) in [6.07, 6.45) is 2.34. The first-order valence-electron chi connectivity index (χ1n) is 13.3. The number of amides is 1. The molecule has 0 radical (unpaired) electrons. The van der Waals surface area contributed by atoms with Crippen LogP contribution in [0.5, 0.6) is 0 Å². The highest BCUT2D eigenvalue weighted by atomic mass is 16.6. The van der Waals surface area contributed by atoms with Crippen molar-refractivity contribution < 1.29 is 34.1 Å². The smallest absolute Gasteiger partial charge is 0.317 e. The Hall–Kier alpha value is -3.87. The number of ether oxygens (including phenoxy) is 2. The van der Waals surface area contributed by atoms with Gasteiger partial charge in [-0.1, -0.05) is 51.1 Å². The third-order valence-corrected chi connectivity index (χ3v) is 5.13. The number of carboxylic acids is 1. The second kappa shape index (κ2) is 17.7. The van der Waals surface area contributed by atoms with E-state index in [-0.39, 0.29) is 43.6 Å². The lowest BCUT2D eigenvalue weighted by Crippen LogP contribution is -2.30. The fourth-order valence-electron chi connectivity index (χ4n) is 3.25. The van der Waals surface area contributed by atoms with Crippen LogP contribution in [0.25, 0.3) is 0 Å². The van der Waals surface area contributed by atoms with Gasteiger partial charge in [-0.25, -0.2) is 4.99 Å². The predicted molar refractivity (Wildman–Crippen MR) is 156 cm³/mol. The lowest BCUT2D eigenvalue weighted by Gasteiger charge is -2.13. The molecular weight excluding hydrogens is 530 g/mol. The van der Waals surface area contributed by atoms with Crippen LogP contribution >= 0.6 is 0 Å². The van der Waals surface area contributed by atoms with E-state index in [1.54, 1.807) is 6.07 Å². The van der Waals surface area contributed by atoms with E-state index in [0.717, 1.165) is 36.4 Å². The number of aromatic amines is 1. The summed E-state index contributed by atoms with van der Waals surface area (Å²) in [6, 6.07) is 13.0. The first-order valence-corrected chi connectivity index (χ1v) is 13.3. The highest BCUT2D eigenvalue weighted by Gasteiger charge is 2.29. The summed E-state index contributed by atoms with van der Waals surface area (Å²) in [7, 11) is 0. The Kier molecular flexibility index (Phi) is 15.2.